The molecule has 0 radical (unpaired) electrons. The van der Waals surface area contributed by atoms with Gasteiger partial charge in [0, 0.05) is 22.2 Å². The van der Waals surface area contributed by atoms with Crippen LogP contribution in [-0.2, 0) is 0 Å². The number of anilines is 1. The van der Waals surface area contributed by atoms with E-state index in [1.54, 1.807) is 11.8 Å². The molecule has 0 saturated carbocycles. The van der Waals surface area contributed by atoms with Gasteiger partial charge in [-0.25, -0.2) is 0 Å². The Morgan fingerprint density at radius 1 is 1.44 bits per heavy atom. The maximum absolute atomic E-state index is 5.86. The maximum atomic E-state index is 5.86. The fourth-order valence-electron chi connectivity index (χ4n) is 2.02. The molecule has 0 aliphatic rings. The maximum Gasteiger partial charge on any atom is 0.107 e. The number of hydrogen-bond acceptors (Lipinski definition) is 3. The highest BCUT2D eigenvalue weighted by atomic mass is 32.2. The standard InChI is InChI=1S/C14H22N2S2/c1-4-7-10(5-2)16-11-8-6-9-12(18-3)13(11)14(15)17/h6,8-10,16H,4-5,7H2,1-3H3,(H2,15,17). The van der Waals surface area contributed by atoms with E-state index in [0.29, 0.717) is 11.0 Å². The van der Waals surface area contributed by atoms with Gasteiger partial charge in [-0.2, -0.15) is 0 Å². The first kappa shape index (κ1) is 15.3. The lowest BCUT2D eigenvalue weighted by atomic mass is 10.1. The molecule has 1 unspecified atom stereocenters. The molecule has 0 fully saturated rings. The third-order valence-electron chi connectivity index (χ3n) is 2.98. The number of rotatable bonds is 7. The molecule has 1 atom stereocenters. The molecule has 1 aromatic carbocycles. The van der Waals surface area contributed by atoms with Crippen LogP contribution < -0.4 is 11.1 Å². The zero-order valence-electron chi connectivity index (χ0n) is 11.3. The lowest BCUT2D eigenvalue weighted by molar-refractivity contribution is 0.622. The van der Waals surface area contributed by atoms with Gasteiger partial charge >= 0.3 is 0 Å². The van der Waals surface area contributed by atoms with E-state index >= 15 is 0 Å². The Balaban J connectivity index is 3.03. The molecule has 0 bridgehead atoms. The number of thiocarbonyl (C=S) groups is 1. The van der Waals surface area contributed by atoms with Crippen molar-refractivity contribution in [2.75, 3.05) is 11.6 Å². The lowest BCUT2D eigenvalue weighted by Crippen LogP contribution is -2.21. The van der Waals surface area contributed by atoms with Crippen LogP contribution in [0.5, 0.6) is 0 Å². The smallest absolute Gasteiger partial charge is 0.107 e. The van der Waals surface area contributed by atoms with E-state index in [-0.39, 0.29) is 0 Å². The van der Waals surface area contributed by atoms with E-state index < -0.39 is 0 Å². The molecule has 1 aromatic rings. The van der Waals surface area contributed by atoms with Crippen LogP contribution >= 0.6 is 24.0 Å². The fourth-order valence-corrected chi connectivity index (χ4v) is 2.95. The van der Waals surface area contributed by atoms with Crippen molar-refractivity contribution >= 4 is 34.7 Å². The van der Waals surface area contributed by atoms with Gasteiger partial charge in [-0.05, 0) is 31.2 Å². The molecule has 0 heterocycles. The fraction of sp³-hybridized carbons (Fsp3) is 0.500. The third kappa shape index (κ3) is 3.89. The summed E-state index contributed by atoms with van der Waals surface area (Å²) < 4.78 is 0. The quantitative estimate of drug-likeness (QED) is 0.585. The summed E-state index contributed by atoms with van der Waals surface area (Å²) in [5.74, 6) is 0. The van der Waals surface area contributed by atoms with E-state index in [1.807, 2.05) is 6.26 Å². The molecule has 2 nitrogen and oxygen atoms in total. The summed E-state index contributed by atoms with van der Waals surface area (Å²) in [4.78, 5) is 1.60. The molecule has 100 valence electrons. The Labute approximate surface area is 120 Å². The summed E-state index contributed by atoms with van der Waals surface area (Å²) in [6.07, 6.45) is 5.49. The summed E-state index contributed by atoms with van der Waals surface area (Å²) in [7, 11) is 0. The number of thioether (sulfide) groups is 1. The number of benzene rings is 1. The average molecular weight is 282 g/mol. The van der Waals surface area contributed by atoms with Crippen LogP contribution in [0.25, 0.3) is 0 Å². The first-order valence-electron chi connectivity index (χ1n) is 6.37. The van der Waals surface area contributed by atoms with Crippen LogP contribution in [0, 0.1) is 0 Å². The first-order chi connectivity index (χ1) is 8.63. The normalized spacial score (nSPS) is 12.2. The Bertz CT molecular complexity index is 405. The number of nitrogens with one attached hydrogen (secondary N) is 1. The highest BCUT2D eigenvalue weighted by molar-refractivity contribution is 7.98. The van der Waals surface area contributed by atoms with Gasteiger partial charge in [-0.1, -0.05) is 38.6 Å². The van der Waals surface area contributed by atoms with Gasteiger partial charge in [0.1, 0.15) is 4.99 Å². The van der Waals surface area contributed by atoms with Crippen LogP contribution in [0.2, 0.25) is 0 Å². The molecule has 0 spiro atoms. The van der Waals surface area contributed by atoms with Gasteiger partial charge in [-0.15, -0.1) is 11.8 Å². The SMILES string of the molecule is CCCC(CC)Nc1cccc(SC)c1C(N)=S. The largest absolute Gasteiger partial charge is 0.389 e. The van der Waals surface area contributed by atoms with Gasteiger partial charge in [0.05, 0.1) is 0 Å². The molecular formula is C14H22N2S2. The van der Waals surface area contributed by atoms with E-state index in [0.717, 1.165) is 29.0 Å². The van der Waals surface area contributed by atoms with Gasteiger partial charge < -0.3 is 11.1 Å². The van der Waals surface area contributed by atoms with E-state index in [4.69, 9.17) is 18.0 Å². The topological polar surface area (TPSA) is 38.0 Å². The second-order valence-electron chi connectivity index (χ2n) is 4.29. The minimum Gasteiger partial charge on any atom is -0.389 e. The van der Waals surface area contributed by atoms with Crippen molar-refractivity contribution in [3.63, 3.8) is 0 Å². The highest BCUT2D eigenvalue weighted by Gasteiger charge is 2.13. The summed E-state index contributed by atoms with van der Waals surface area (Å²) in [6.45, 7) is 4.41. The second-order valence-corrected chi connectivity index (χ2v) is 5.57. The molecule has 0 amide bonds. The minimum atomic E-state index is 0.466. The Morgan fingerprint density at radius 2 is 2.17 bits per heavy atom. The number of hydrogen-bond donors (Lipinski definition) is 2. The molecule has 18 heavy (non-hydrogen) atoms. The summed E-state index contributed by atoms with van der Waals surface area (Å²) in [5, 5.41) is 3.57. The first-order valence-corrected chi connectivity index (χ1v) is 8.00. The van der Waals surface area contributed by atoms with Crippen LogP contribution in [0.4, 0.5) is 5.69 Å². The average Bonchev–Trinajstić information content (AvgIpc) is 2.37. The minimum absolute atomic E-state index is 0.466. The lowest BCUT2D eigenvalue weighted by Gasteiger charge is -2.21. The second kappa shape index (κ2) is 7.64. The Morgan fingerprint density at radius 3 is 2.67 bits per heavy atom. The molecule has 0 aliphatic carbocycles. The molecule has 0 aliphatic heterocycles. The van der Waals surface area contributed by atoms with Crippen molar-refractivity contribution < 1.29 is 0 Å². The monoisotopic (exact) mass is 282 g/mol. The Hall–Kier alpha value is -0.740. The van der Waals surface area contributed by atoms with E-state index in [1.165, 1.54) is 6.42 Å². The molecule has 0 aromatic heterocycles. The van der Waals surface area contributed by atoms with E-state index in [2.05, 4.69) is 37.4 Å². The van der Waals surface area contributed by atoms with Gasteiger partial charge in [-0.3, -0.25) is 0 Å². The molecule has 3 N–H and O–H groups in total. The summed E-state index contributed by atoms with van der Waals surface area (Å²) in [6, 6.07) is 6.66. The Kier molecular flexibility index (Phi) is 6.50. The van der Waals surface area contributed by atoms with Crippen LogP contribution in [-0.4, -0.2) is 17.3 Å². The highest BCUT2D eigenvalue weighted by Crippen LogP contribution is 2.28. The van der Waals surface area contributed by atoms with Gasteiger partial charge in [0.15, 0.2) is 0 Å². The summed E-state index contributed by atoms with van der Waals surface area (Å²) in [5.41, 5.74) is 7.91. The van der Waals surface area contributed by atoms with Crippen molar-refractivity contribution in [2.45, 2.75) is 44.0 Å². The zero-order valence-corrected chi connectivity index (χ0v) is 13.0. The third-order valence-corrected chi connectivity index (χ3v) is 3.97. The van der Waals surface area contributed by atoms with Crippen LogP contribution in [0.15, 0.2) is 23.1 Å². The van der Waals surface area contributed by atoms with Gasteiger partial charge in [0.25, 0.3) is 0 Å². The number of nitrogens with two attached hydrogens (primary N) is 1. The van der Waals surface area contributed by atoms with Crippen LogP contribution in [0.1, 0.15) is 38.7 Å². The van der Waals surface area contributed by atoms with Crippen molar-refractivity contribution in [1.82, 2.24) is 0 Å². The van der Waals surface area contributed by atoms with Gasteiger partial charge in [0.2, 0.25) is 0 Å². The summed E-state index contributed by atoms with van der Waals surface area (Å²) >= 11 is 6.86. The van der Waals surface area contributed by atoms with Crippen molar-refractivity contribution in [3.8, 4) is 0 Å². The molecule has 4 heteroatoms. The van der Waals surface area contributed by atoms with Crippen molar-refractivity contribution in [1.29, 1.82) is 0 Å². The zero-order chi connectivity index (χ0) is 13.5. The molecule has 1 rings (SSSR count). The van der Waals surface area contributed by atoms with Crippen molar-refractivity contribution in [3.05, 3.63) is 23.8 Å². The van der Waals surface area contributed by atoms with E-state index in [9.17, 15) is 0 Å². The molecule has 0 saturated heterocycles. The predicted molar refractivity (Wildman–Crippen MR) is 86.7 cm³/mol. The predicted octanol–water partition coefficient (Wildman–Crippen LogP) is 4.03. The molecular weight excluding hydrogens is 260 g/mol. The van der Waals surface area contributed by atoms with Crippen molar-refractivity contribution in [2.24, 2.45) is 5.73 Å². The van der Waals surface area contributed by atoms with Crippen LogP contribution in [0.3, 0.4) is 0 Å².